The number of aryl methyl sites for hydroxylation is 2. The maximum absolute atomic E-state index is 12.8. The van der Waals surface area contributed by atoms with Crippen molar-refractivity contribution in [2.45, 2.75) is 31.6 Å². The van der Waals surface area contributed by atoms with Crippen LogP contribution in [0.5, 0.6) is 0 Å². The van der Waals surface area contributed by atoms with E-state index in [0.717, 1.165) is 29.4 Å². The van der Waals surface area contributed by atoms with Crippen molar-refractivity contribution in [2.24, 2.45) is 5.92 Å². The largest absolute Gasteiger partial charge is 0.451 e. The Kier molecular flexibility index (Phi) is 5.66. The van der Waals surface area contributed by atoms with Crippen molar-refractivity contribution in [3.8, 4) is 0 Å². The molecular formula is C23H26N2O4S. The van der Waals surface area contributed by atoms with Crippen LogP contribution in [0.25, 0.3) is 11.0 Å². The summed E-state index contributed by atoms with van der Waals surface area (Å²) in [7, 11) is -3.54. The first kappa shape index (κ1) is 20.6. The first-order valence-electron chi connectivity index (χ1n) is 10.2. The molecule has 2 aromatic carbocycles. The van der Waals surface area contributed by atoms with Crippen molar-refractivity contribution >= 4 is 26.9 Å². The molecule has 1 amide bonds. The van der Waals surface area contributed by atoms with E-state index >= 15 is 0 Å². The Hall–Kier alpha value is -2.64. The number of fused-ring (bicyclic) bond motifs is 1. The van der Waals surface area contributed by atoms with Crippen LogP contribution in [-0.4, -0.2) is 38.9 Å². The van der Waals surface area contributed by atoms with Gasteiger partial charge in [0.2, 0.25) is 10.0 Å². The van der Waals surface area contributed by atoms with E-state index in [9.17, 15) is 13.2 Å². The number of nitrogens with zero attached hydrogens (tertiary/aromatic N) is 1. The molecule has 4 rings (SSSR count). The van der Waals surface area contributed by atoms with Crippen LogP contribution in [0.1, 0.15) is 34.5 Å². The van der Waals surface area contributed by atoms with E-state index in [2.05, 4.69) is 4.72 Å². The molecule has 7 heteroatoms. The van der Waals surface area contributed by atoms with Crippen molar-refractivity contribution in [3.05, 3.63) is 65.4 Å². The number of hydrogen-bond donors (Lipinski definition) is 1. The van der Waals surface area contributed by atoms with E-state index in [-0.39, 0.29) is 11.8 Å². The Morgan fingerprint density at radius 2 is 1.83 bits per heavy atom. The number of hydrogen-bond acceptors (Lipinski definition) is 4. The molecule has 1 aliphatic heterocycles. The molecule has 3 aromatic rings. The Morgan fingerprint density at radius 3 is 2.53 bits per heavy atom. The van der Waals surface area contributed by atoms with Gasteiger partial charge in [0.1, 0.15) is 5.58 Å². The van der Waals surface area contributed by atoms with E-state index in [1.54, 1.807) is 17.0 Å². The van der Waals surface area contributed by atoms with Crippen molar-refractivity contribution in [1.82, 2.24) is 9.62 Å². The molecule has 0 radical (unpaired) electrons. The average Bonchev–Trinajstić information content (AvgIpc) is 3.16. The SMILES string of the molecule is Cc1ccc(S(=O)(=O)NCC2CCN(C(=O)c3cc4ccccc4o3)CC2)c(C)c1. The fraction of sp³-hybridized carbons (Fsp3) is 0.348. The molecular weight excluding hydrogens is 400 g/mol. The van der Waals surface area contributed by atoms with Gasteiger partial charge < -0.3 is 9.32 Å². The third kappa shape index (κ3) is 4.27. The topological polar surface area (TPSA) is 79.6 Å². The van der Waals surface area contributed by atoms with Crippen LogP contribution in [-0.2, 0) is 10.0 Å². The zero-order valence-corrected chi connectivity index (χ0v) is 18.0. The number of furan rings is 1. The molecule has 30 heavy (non-hydrogen) atoms. The van der Waals surface area contributed by atoms with Gasteiger partial charge in [-0.25, -0.2) is 13.1 Å². The monoisotopic (exact) mass is 426 g/mol. The van der Waals surface area contributed by atoms with E-state index in [1.165, 1.54) is 0 Å². The molecule has 1 aromatic heterocycles. The van der Waals surface area contributed by atoms with Crippen molar-refractivity contribution in [3.63, 3.8) is 0 Å². The summed E-state index contributed by atoms with van der Waals surface area (Å²) < 4.78 is 33.8. The Labute approximate surface area is 176 Å². The van der Waals surface area contributed by atoms with Gasteiger partial charge in [-0.2, -0.15) is 0 Å². The van der Waals surface area contributed by atoms with Crippen molar-refractivity contribution in [2.75, 3.05) is 19.6 Å². The summed E-state index contributed by atoms with van der Waals surface area (Å²) in [6.07, 6.45) is 1.50. The number of piperidine rings is 1. The highest BCUT2D eigenvalue weighted by atomic mass is 32.2. The molecule has 1 saturated heterocycles. The fourth-order valence-corrected chi connectivity index (χ4v) is 5.33. The number of benzene rings is 2. The first-order chi connectivity index (χ1) is 14.3. The van der Waals surface area contributed by atoms with E-state index in [0.29, 0.717) is 35.9 Å². The molecule has 0 saturated carbocycles. The third-order valence-electron chi connectivity index (χ3n) is 5.72. The minimum absolute atomic E-state index is 0.111. The maximum atomic E-state index is 12.8. The van der Waals surface area contributed by atoms with Gasteiger partial charge in [0.15, 0.2) is 5.76 Å². The normalized spacial score (nSPS) is 15.6. The Bertz CT molecular complexity index is 1140. The minimum atomic E-state index is -3.54. The number of carbonyl (C=O) groups excluding carboxylic acids is 1. The van der Waals surface area contributed by atoms with E-state index in [1.807, 2.05) is 50.2 Å². The Balaban J connectivity index is 1.33. The van der Waals surface area contributed by atoms with Crippen LogP contribution in [0, 0.1) is 19.8 Å². The zero-order chi connectivity index (χ0) is 21.3. The number of amides is 1. The molecule has 6 nitrogen and oxygen atoms in total. The van der Waals surface area contributed by atoms with Gasteiger partial charge in [-0.15, -0.1) is 0 Å². The smallest absolute Gasteiger partial charge is 0.289 e. The third-order valence-corrected chi connectivity index (χ3v) is 7.30. The molecule has 2 heterocycles. The summed E-state index contributed by atoms with van der Waals surface area (Å²) in [5.41, 5.74) is 2.48. The molecule has 0 bridgehead atoms. The number of likely N-dealkylation sites (tertiary alicyclic amines) is 1. The van der Waals surface area contributed by atoms with Crippen LogP contribution < -0.4 is 4.72 Å². The number of sulfonamides is 1. The number of nitrogens with one attached hydrogen (secondary N) is 1. The molecule has 1 N–H and O–H groups in total. The number of carbonyl (C=O) groups is 1. The first-order valence-corrected chi connectivity index (χ1v) is 11.7. The highest BCUT2D eigenvalue weighted by molar-refractivity contribution is 7.89. The summed E-state index contributed by atoms with van der Waals surface area (Å²) in [6.45, 7) is 5.31. The maximum Gasteiger partial charge on any atom is 0.289 e. The van der Waals surface area contributed by atoms with Gasteiger partial charge in [-0.05, 0) is 56.4 Å². The molecule has 0 spiro atoms. The van der Waals surface area contributed by atoms with Crippen molar-refractivity contribution in [1.29, 1.82) is 0 Å². The molecule has 0 aliphatic carbocycles. The van der Waals surface area contributed by atoms with Crippen LogP contribution in [0.15, 0.2) is 57.8 Å². The lowest BCUT2D eigenvalue weighted by atomic mass is 9.97. The van der Waals surface area contributed by atoms with Gasteiger partial charge in [-0.3, -0.25) is 4.79 Å². The Morgan fingerprint density at radius 1 is 1.10 bits per heavy atom. The van der Waals surface area contributed by atoms with Crippen molar-refractivity contribution < 1.29 is 17.6 Å². The zero-order valence-electron chi connectivity index (χ0n) is 17.2. The van der Waals surface area contributed by atoms with Gasteiger partial charge in [0.25, 0.3) is 5.91 Å². The summed E-state index contributed by atoms with van der Waals surface area (Å²) in [4.78, 5) is 14.9. The molecule has 1 fully saturated rings. The van der Waals surface area contributed by atoms with Gasteiger partial charge in [0.05, 0.1) is 4.90 Å². The fourth-order valence-electron chi connectivity index (χ4n) is 3.99. The lowest BCUT2D eigenvalue weighted by molar-refractivity contribution is 0.0662. The second kappa shape index (κ2) is 8.24. The summed E-state index contributed by atoms with van der Waals surface area (Å²) in [6, 6.07) is 14.7. The summed E-state index contributed by atoms with van der Waals surface area (Å²) in [5, 5.41) is 0.913. The quantitative estimate of drug-likeness (QED) is 0.671. The lowest BCUT2D eigenvalue weighted by Gasteiger charge is -2.31. The van der Waals surface area contributed by atoms with E-state index in [4.69, 9.17) is 4.42 Å². The predicted octanol–water partition coefficient (Wildman–Crippen LogP) is 3.88. The highest BCUT2D eigenvalue weighted by Gasteiger charge is 2.27. The standard InChI is InChI=1S/C23H26N2O4S/c1-16-7-8-22(17(2)13-16)30(27,28)24-15-18-9-11-25(12-10-18)23(26)21-14-19-5-3-4-6-20(19)29-21/h3-8,13-14,18,24H,9-12,15H2,1-2H3. The van der Waals surface area contributed by atoms with Gasteiger partial charge in [-0.1, -0.05) is 35.9 Å². The van der Waals surface area contributed by atoms with Crippen LogP contribution >= 0.6 is 0 Å². The predicted molar refractivity (Wildman–Crippen MR) is 116 cm³/mol. The molecule has 0 atom stereocenters. The molecule has 0 unspecified atom stereocenters. The average molecular weight is 427 g/mol. The number of para-hydroxylation sites is 1. The molecule has 1 aliphatic rings. The minimum Gasteiger partial charge on any atom is -0.451 e. The second-order valence-electron chi connectivity index (χ2n) is 8.00. The summed E-state index contributed by atoms with van der Waals surface area (Å²) in [5.74, 6) is 0.441. The van der Waals surface area contributed by atoms with Crippen LogP contribution in [0.2, 0.25) is 0 Å². The summed E-state index contributed by atoms with van der Waals surface area (Å²) >= 11 is 0. The highest BCUT2D eigenvalue weighted by Crippen LogP contribution is 2.24. The van der Waals surface area contributed by atoms with Gasteiger partial charge in [0, 0.05) is 25.0 Å². The molecule has 158 valence electrons. The second-order valence-corrected chi connectivity index (χ2v) is 9.74. The number of rotatable bonds is 5. The lowest BCUT2D eigenvalue weighted by Crippen LogP contribution is -2.41. The van der Waals surface area contributed by atoms with Crippen LogP contribution in [0.4, 0.5) is 0 Å². The van der Waals surface area contributed by atoms with E-state index < -0.39 is 10.0 Å². The van der Waals surface area contributed by atoms with Gasteiger partial charge >= 0.3 is 0 Å². The van der Waals surface area contributed by atoms with Crippen LogP contribution in [0.3, 0.4) is 0 Å².